The zero-order valence-corrected chi connectivity index (χ0v) is 18.4. The van der Waals surface area contributed by atoms with Crippen molar-refractivity contribution in [1.82, 2.24) is 5.32 Å². The lowest BCUT2D eigenvalue weighted by atomic mass is 10.2. The third-order valence-electron chi connectivity index (χ3n) is 4.55. The number of nitro benzene ring substituents is 1. The van der Waals surface area contributed by atoms with E-state index in [4.69, 9.17) is 4.74 Å². The van der Waals surface area contributed by atoms with Crippen LogP contribution in [0.2, 0.25) is 0 Å². The van der Waals surface area contributed by atoms with Crippen LogP contribution >= 0.6 is 0 Å². The smallest absolute Gasteiger partial charge is 0.312 e. The summed E-state index contributed by atoms with van der Waals surface area (Å²) in [5.74, 6) is -1.38. The highest BCUT2D eigenvalue weighted by molar-refractivity contribution is 7.92. The van der Waals surface area contributed by atoms with Gasteiger partial charge in [0.05, 0.1) is 16.4 Å². The van der Waals surface area contributed by atoms with Crippen LogP contribution in [-0.4, -0.2) is 37.5 Å². The van der Waals surface area contributed by atoms with E-state index >= 15 is 0 Å². The number of hydrogen-bond acceptors (Lipinski definition) is 7. The van der Waals surface area contributed by atoms with Gasteiger partial charge in [-0.05, 0) is 55.0 Å². The van der Waals surface area contributed by atoms with Gasteiger partial charge in [0.1, 0.15) is 0 Å². The lowest BCUT2D eigenvalue weighted by Crippen LogP contribution is -2.25. The van der Waals surface area contributed by atoms with Crippen molar-refractivity contribution in [2.24, 2.45) is 0 Å². The first-order valence-corrected chi connectivity index (χ1v) is 11.4. The van der Waals surface area contributed by atoms with Crippen LogP contribution in [0.1, 0.15) is 16.8 Å². The molecule has 0 atom stereocenters. The summed E-state index contributed by atoms with van der Waals surface area (Å²) in [6, 6.07) is 14.2. The van der Waals surface area contributed by atoms with E-state index in [1.165, 1.54) is 36.4 Å². The maximum atomic E-state index is 13.5. The average Bonchev–Trinajstić information content (AvgIpc) is 2.80. The van der Waals surface area contributed by atoms with E-state index in [0.717, 1.165) is 18.2 Å². The van der Waals surface area contributed by atoms with Gasteiger partial charge in [0, 0.05) is 23.9 Å². The molecule has 3 aromatic rings. The second kappa shape index (κ2) is 10.6. The fourth-order valence-corrected chi connectivity index (χ4v) is 3.92. The maximum Gasteiger partial charge on any atom is 0.312 e. The minimum atomic E-state index is -4.17. The number of aromatic hydroxyl groups is 1. The van der Waals surface area contributed by atoms with Crippen molar-refractivity contribution in [2.45, 2.75) is 11.3 Å². The van der Waals surface area contributed by atoms with Crippen LogP contribution in [0.4, 0.5) is 15.8 Å². The van der Waals surface area contributed by atoms with Gasteiger partial charge in [0.2, 0.25) is 0 Å². The second-order valence-corrected chi connectivity index (χ2v) is 8.66. The van der Waals surface area contributed by atoms with Crippen molar-refractivity contribution in [1.29, 1.82) is 0 Å². The van der Waals surface area contributed by atoms with E-state index < -0.39 is 43.0 Å². The molecule has 0 spiro atoms. The number of halogens is 1. The quantitative estimate of drug-likeness (QED) is 0.224. The number of carbonyl (C=O) groups is 1. The molecule has 0 saturated heterocycles. The summed E-state index contributed by atoms with van der Waals surface area (Å²) in [6.45, 7) is 0.485. The van der Waals surface area contributed by atoms with Crippen molar-refractivity contribution < 1.29 is 32.4 Å². The van der Waals surface area contributed by atoms with Gasteiger partial charge in [-0.2, -0.15) is 0 Å². The van der Waals surface area contributed by atoms with Gasteiger partial charge in [-0.1, -0.05) is 12.1 Å². The highest BCUT2D eigenvalue weighted by atomic mass is 32.2. The molecule has 10 nitrogen and oxygen atoms in total. The summed E-state index contributed by atoms with van der Waals surface area (Å²) in [4.78, 5) is 21.9. The molecule has 178 valence electrons. The molecular formula is C22H20FN3O7S. The number of nitrogens with zero attached hydrogens (tertiary/aromatic N) is 1. The van der Waals surface area contributed by atoms with E-state index in [0.29, 0.717) is 6.42 Å². The molecule has 12 heteroatoms. The molecule has 0 heterocycles. The van der Waals surface area contributed by atoms with Gasteiger partial charge in [-0.25, -0.2) is 12.8 Å². The Morgan fingerprint density at radius 2 is 1.79 bits per heavy atom. The number of rotatable bonds is 10. The molecule has 0 fully saturated rings. The minimum Gasteiger partial charge on any atom is -0.502 e. The predicted octanol–water partition coefficient (Wildman–Crippen LogP) is 3.44. The van der Waals surface area contributed by atoms with E-state index in [-0.39, 0.29) is 30.2 Å². The number of nitro groups is 1. The topological polar surface area (TPSA) is 148 Å². The van der Waals surface area contributed by atoms with Crippen molar-refractivity contribution in [3.05, 3.63) is 88.2 Å². The largest absolute Gasteiger partial charge is 0.502 e. The monoisotopic (exact) mass is 489 g/mol. The van der Waals surface area contributed by atoms with Crippen LogP contribution in [0.5, 0.6) is 11.5 Å². The molecule has 0 aliphatic carbocycles. The van der Waals surface area contributed by atoms with E-state index in [9.17, 15) is 32.8 Å². The molecule has 0 aliphatic heterocycles. The molecule has 0 aromatic heterocycles. The van der Waals surface area contributed by atoms with E-state index in [2.05, 4.69) is 10.0 Å². The van der Waals surface area contributed by atoms with Gasteiger partial charge in [0.25, 0.3) is 15.9 Å². The molecule has 3 N–H and O–H groups in total. The Morgan fingerprint density at radius 1 is 1.09 bits per heavy atom. The van der Waals surface area contributed by atoms with Crippen LogP contribution in [0.25, 0.3) is 0 Å². The molecule has 0 unspecified atom stereocenters. The van der Waals surface area contributed by atoms with Gasteiger partial charge in [0.15, 0.2) is 17.3 Å². The van der Waals surface area contributed by atoms with Gasteiger partial charge < -0.3 is 15.2 Å². The standard InChI is InChI=1S/C22H20FN3O7S/c23-18-4-1-2-5-21(18)33-13-3-12-24-22(28)15-6-8-16(9-7-15)25-34(31,32)17-10-11-20(27)19(14-17)26(29)30/h1-2,4-11,14,25,27H,3,12-13H2,(H,24,28). The number of amides is 1. The zero-order valence-electron chi connectivity index (χ0n) is 17.6. The van der Waals surface area contributed by atoms with Gasteiger partial charge in [-0.15, -0.1) is 0 Å². The maximum absolute atomic E-state index is 13.5. The first kappa shape index (κ1) is 24.5. The summed E-state index contributed by atoms with van der Waals surface area (Å²) in [5, 5.41) is 23.1. The van der Waals surface area contributed by atoms with Crippen LogP contribution in [0.15, 0.2) is 71.6 Å². The van der Waals surface area contributed by atoms with Crippen molar-refractivity contribution >= 4 is 27.3 Å². The van der Waals surface area contributed by atoms with Gasteiger partial charge in [-0.3, -0.25) is 19.6 Å². The first-order chi connectivity index (χ1) is 16.2. The Hall–Kier alpha value is -4.19. The van der Waals surface area contributed by atoms with E-state index in [1.54, 1.807) is 12.1 Å². The molecular weight excluding hydrogens is 469 g/mol. The van der Waals surface area contributed by atoms with Crippen LogP contribution in [0, 0.1) is 15.9 Å². The number of phenols is 1. The lowest BCUT2D eigenvalue weighted by molar-refractivity contribution is -0.386. The molecule has 0 aliphatic rings. The number of sulfonamides is 1. The third kappa shape index (κ3) is 6.19. The Morgan fingerprint density at radius 3 is 2.47 bits per heavy atom. The molecule has 1 amide bonds. The Bertz CT molecular complexity index is 1300. The SMILES string of the molecule is O=C(NCCCOc1ccccc1F)c1ccc(NS(=O)(=O)c2ccc(O)c([N+](=O)[O-])c2)cc1. The lowest BCUT2D eigenvalue weighted by Gasteiger charge is -2.10. The highest BCUT2D eigenvalue weighted by Crippen LogP contribution is 2.29. The first-order valence-electron chi connectivity index (χ1n) is 9.93. The number of anilines is 1. The molecule has 0 saturated carbocycles. The van der Waals surface area contributed by atoms with Gasteiger partial charge >= 0.3 is 5.69 Å². The van der Waals surface area contributed by atoms with Crippen LogP contribution in [0.3, 0.4) is 0 Å². The Kier molecular flexibility index (Phi) is 7.64. The summed E-state index contributed by atoms with van der Waals surface area (Å²) < 4.78 is 46.0. The molecule has 0 bridgehead atoms. The highest BCUT2D eigenvalue weighted by Gasteiger charge is 2.21. The number of carbonyl (C=O) groups excluding carboxylic acids is 1. The predicted molar refractivity (Wildman–Crippen MR) is 121 cm³/mol. The van der Waals surface area contributed by atoms with Crippen molar-refractivity contribution in [3.63, 3.8) is 0 Å². The molecule has 34 heavy (non-hydrogen) atoms. The Balaban J connectivity index is 1.53. The number of benzene rings is 3. The normalized spacial score (nSPS) is 11.0. The van der Waals surface area contributed by atoms with Crippen molar-refractivity contribution in [2.75, 3.05) is 17.9 Å². The Labute approximate surface area is 194 Å². The van der Waals surface area contributed by atoms with E-state index in [1.807, 2.05) is 0 Å². The summed E-state index contributed by atoms with van der Waals surface area (Å²) in [6.07, 6.45) is 0.441. The number of hydrogen-bond donors (Lipinski definition) is 3. The fourth-order valence-electron chi connectivity index (χ4n) is 2.84. The second-order valence-electron chi connectivity index (χ2n) is 6.98. The summed E-state index contributed by atoms with van der Waals surface area (Å²) >= 11 is 0. The number of para-hydroxylation sites is 1. The fraction of sp³-hybridized carbons (Fsp3) is 0.136. The molecule has 3 aromatic carbocycles. The number of phenolic OH excluding ortho intramolecular Hbond substituents is 1. The summed E-state index contributed by atoms with van der Waals surface area (Å²) in [5.41, 5.74) is -0.335. The number of nitrogens with one attached hydrogen (secondary N) is 2. The summed E-state index contributed by atoms with van der Waals surface area (Å²) in [7, 11) is -4.17. The number of ether oxygens (including phenoxy) is 1. The van der Waals surface area contributed by atoms with Crippen LogP contribution < -0.4 is 14.8 Å². The minimum absolute atomic E-state index is 0.130. The average molecular weight is 489 g/mol. The zero-order chi connectivity index (χ0) is 24.7. The van der Waals surface area contributed by atoms with Crippen LogP contribution in [-0.2, 0) is 10.0 Å². The molecule has 0 radical (unpaired) electrons. The third-order valence-corrected chi connectivity index (χ3v) is 5.93. The molecule has 3 rings (SSSR count). The van der Waals surface area contributed by atoms with Crippen molar-refractivity contribution in [3.8, 4) is 11.5 Å².